The molecule has 18 heavy (non-hydrogen) atoms. The number of aromatic nitrogens is 3. The molecule has 0 N–H and O–H groups in total. The highest BCUT2D eigenvalue weighted by Gasteiger charge is 2.01. The van der Waals surface area contributed by atoms with Crippen LogP contribution in [0.5, 0.6) is 6.01 Å². The van der Waals surface area contributed by atoms with Gasteiger partial charge < -0.3 is 4.74 Å². The maximum Gasteiger partial charge on any atom is 0.321 e. The van der Waals surface area contributed by atoms with Gasteiger partial charge in [0.15, 0.2) is 0 Å². The molecule has 92 valence electrons. The first-order valence-corrected chi connectivity index (χ1v) is 6.03. The molecular weight excluding hydrogens is 296 g/mol. The van der Waals surface area contributed by atoms with Gasteiger partial charge in [-0.2, -0.15) is 15.0 Å². The summed E-state index contributed by atoms with van der Waals surface area (Å²) in [6.07, 6.45) is 1.69. The number of ether oxygens (including phenoxy) is 1. The lowest BCUT2D eigenvalue weighted by Gasteiger charge is -1.99. The average molecular weight is 307 g/mol. The van der Waals surface area contributed by atoms with Crippen molar-refractivity contribution in [2.75, 3.05) is 7.11 Å². The van der Waals surface area contributed by atoms with E-state index in [4.69, 9.17) is 4.74 Å². The molecule has 2 rings (SSSR count). The Balaban J connectivity index is 2.25. The highest BCUT2D eigenvalue weighted by molar-refractivity contribution is 9.10. The largest absolute Gasteiger partial charge is 0.467 e. The third-order valence-corrected chi connectivity index (χ3v) is 2.57. The fourth-order valence-corrected chi connectivity index (χ4v) is 1.73. The number of benzene rings is 1. The lowest BCUT2D eigenvalue weighted by atomic mass is 10.2. The first-order valence-electron chi connectivity index (χ1n) is 5.23. The lowest BCUT2D eigenvalue weighted by molar-refractivity contribution is 0.377. The van der Waals surface area contributed by atoms with Gasteiger partial charge in [0.2, 0.25) is 0 Å². The first kappa shape index (κ1) is 12.6. The predicted molar refractivity (Wildman–Crippen MR) is 72.5 cm³/mol. The highest BCUT2D eigenvalue weighted by atomic mass is 79.9. The normalized spacial score (nSPS) is 10.8. The van der Waals surface area contributed by atoms with Crippen molar-refractivity contribution in [1.29, 1.82) is 0 Å². The molecule has 0 atom stereocenters. The molecule has 1 aromatic heterocycles. The molecule has 0 saturated carbocycles. The minimum Gasteiger partial charge on any atom is -0.467 e. The minimum atomic E-state index is 0.267. The second-order valence-corrected chi connectivity index (χ2v) is 4.40. The Morgan fingerprint density at radius 3 is 2.83 bits per heavy atom. The summed E-state index contributed by atoms with van der Waals surface area (Å²) in [7, 11) is 1.51. The molecule has 0 spiro atoms. The van der Waals surface area contributed by atoms with Gasteiger partial charge in [0.05, 0.1) is 7.11 Å². The number of nitrogens with zero attached hydrogens (tertiary/aromatic N) is 4. The van der Waals surface area contributed by atoms with Gasteiger partial charge in [-0.3, -0.25) is 0 Å². The van der Waals surface area contributed by atoms with Crippen molar-refractivity contribution in [2.45, 2.75) is 6.92 Å². The number of rotatable bonds is 3. The fourth-order valence-electron chi connectivity index (χ4n) is 1.31. The summed E-state index contributed by atoms with van der Waals surface area (Å²) >= 11 is 3.40. The zero-order chi connectivity index (χ0) is 13.0. The van der Waals surface area contributed by atoms with Crippen LogP contribution in [0, 0.1) is 6.92 Å². The molecule has 0 radical (unpaired) electrons. The van der Waals surface area contributed by atoms with Crippen LogP contribution in [-0.2, 0) is 0 Å². The maximum absolute atomic E-state index is 4.96. The van der Waals surface area contributed by atoms with E-state index in [-0.39, 0.29) is 6.01 Å². The van der Waals surface area contributed by atoms with Gasteiger partial charge in [-0.1, -0.05) is 28.1 Å². The molecule has 5 nitrogen and oxygen atoms in total. The van der Waals surface area contributed by atoms with Crippen LogP contribution in [-0.4, -0.2) is 28.3 Å². The Morgan fingerprint density at radius 2 is 2.11 bits per heavy atom. The number of hydrogen-bond acceptors (Lipinski definition) is 5. The van der Waals surface area contributed by atoms with Gasteiger partial charge in [-0.05, 0) is 24.6 Å². The van der Waals surface area contributed by atoms with E-state index in [1.165, 1.54) is 7.11 Å². The van der Waals surface area contributed by atoms with E-state index in [0.717, 1.165) is 10.0 Å². The summed E-state index contributed by atoms with van der Waals surface area (Å²) < 4.78 is 5.96. The summed E-state index contributed by atoms with van der Waals surface area (Å²) in [4.78, 5) is 16.3. The minimum absolute atomic E-state index is 0.267. The number of aryl methyl sites for hydroxylation is 1. The van der Waals surface area contributed by atoms with Crippen LogP contribution in [0.3, 0.4) is 0 Å². The molecule has 2 aromatic rings. The number of aliphatic imine (C=N–C) groups is 1. The summed E-state index contributed by atoms with van der Waals surface area (Å²) in [5, 5.41) is 0. The Labute approximate surface area is 113 Å². The van der Waals surface area contributed by atoms with E-state index >= 15 is 0 Å². The van der Waals surface area contributed by atoms with E-state index in [2.05, 4.69) is 35.9 Å². The van der Waals surface area contributed by atoms with E-state index in [1.54, 1.807) is 13.1 Å². The summed E-state index contributed by atoms with van der Waals surface area (Å²) in [5.74, 6) is 0.905. The summed E-state index contributed by atoms with van der Waals surface area (Å²) in [5.41, 5.74) is 0.960. The number of hydrogen-bond donors (Lipinski definition) is 0. The molecule has 0 aliphatic carbocycles. The second kappa shape index (κ2) is 5.68. The van der Waals surface area contributed by atoms with Gasteiger partial charge in [-0.15, -0.1) is 0 Å². The lowest BCUT2D eigenvalue weighted by Crippen LogP contribution is -1.97. The molecule has 0 amide bonds. The topological polar surface area (TPSA) is 60.3 Å². The quantitative estimate of drug-likeness (QED) is 0.818. The average Bonchev–Trinajstić information content (AvgIpc) is 2.36. The van der Waals surface area contributed by atoms with Crippen LogP contribution >= 0.6 is 15.9 Å². The van der Waals surface area contributed by atoms with Crippen molar-refractivity contribution in [3.63, 3.8) is 0 Å². The van der Waals surface area contributed by atoms with Crippen molar-refractivity contribution in [3.05, 3.63) is 40.1 Å². The molecule has 0 aliphatic rings. The van der Waals surface area contributed by atoms with E-state index in [9.17, 15) is 0 Å². The van der Waals surface area contributed by atoms with Crippen LogP contribution in [0.2, 0.25) is 0 Å². The smallest absolute Gasteiger partial charge is 0.321 e. The van der Waals surface area contributed by atoms with Crippen LogP contribution in [0.15, 0.2) is 33.7 Å². The van der Waals surface area contributed by atoms with Crippen molar-refractivity contribution < 1.29 is 4.74 Å². The molecule has 0 aliphatic heterocycles. The molecular formula is C12H11BrN4O. The number of methoxy groups -OCH3 is 1. The van der Waals surface area contributed by atoms with Gasteiger partial charge in [-0.25, -0.2) is 4.99 Å². The van der Waals surface area contributed by atoms with E-state index in [1.807, 2.05) is 24.3 Å². The third-order valence-electron chi connectivity index (χ3n) is 2.08. The Morgan fingerprint density at radius 1 is 1.28 bits per heavy atom. The second-order valence-electron chi connectivity index (χ2n) is 3.48. The zero-order valence-corrected chi connectivity index (χ0v) is 11.5. The van der Waals surface area contributed by atoms with E-state index < -0.39 is 0 Å². The van der Waals surface area contributed by atoms with Crippen molar-refractivity contribution >= 4 is 28.1 Å². The van der Waals surface area contributed by atoms with Crippen molar-refractivity contribution in [1.82, 2.24) is 15.0 Å². The SMILES string of the molecule is COc1nc(C)nc(/N=C/c2cccc(Br)c2)n1. The van der Waals surface area contributed by atoms with Crippen molar-refractivity contribution in [2.24, 2.45) is 4.99 Å². The molecule has 6 heteroatoms. The summed E-state index contributed by atoms with van der Waals surface area (Å²) in [6.45, 7) is 1.77. The molecule has 0 fully saturated rings. The third kappa shape index (κ3) is 3.33. The van der Waals surface area contributed by atoms with Crippen molar-refractivity contribution in [3.8, 4) is 6.01 Å². The maximum atomic E-state index is 4.96. The van der Waals surface area contributed by atoms with Gasteiger partial charge in [0, 0.05) is 10.7 Å². The Hall–Kier alpha value is -1.82. The molecule has 0 unspecified atom stereocenters. The molecule has 1 heterocycles. The van der Waals surface area contributed by atoms with Crippen LogP contribution in [0.25, 0.3) is 0 Å². The molecule has 1 aromatic carbocycles. The van der Waals surface area contributed by atoms with Crippen LogP contribution < -0.4 is 4.74 Å². The van der Waals surface area contributed by atoms with Gasteiger partial charge >= 0.3 is 6.01 Å². The first-order chi connectivity index (χ1) is 8.67. The summed E-state index contributed by atoms with van der Waals surface area (Å²) in [6, 6.07) is 8.05. The molecule has 0 saturated heterocycles. The highest BCUT2D eigenvalue weighted by Crippen LogP contribution is 2.12. The monoisotopic (exact) mass is 306 g/mol. The molecule has 0 bridgehead atoms. The van der Waals surface area contributed by atoms with E-state index in [0.29, 0.717) is 11.8 Å². The predicted octanol–water partition coefficient (Wildman–Crippen LogP) is 2.70. The van der Waals surface area contributed by atoms with Gasteiger partial charge in [0.25, 0.3) is 5.95 Å². The zero-order valence-electron chi connectivity index (χ0n) is 9.96. The Kier molecular flexibility index (Phi) is 3.99. The Bertz CT molecular complexity index is 586. The standard InChI is InChI=1S/C12H11BrN4O/c1-8-15-11(17-12(16-8)18-2)14-7-9-4-3-5-10(13)6-9/h3-7H,1-2H3/b14-7+. The van der Waals surface area contributed by atoms with Crippen LogP contribution in [0.1, 0.15) is 11.4 Å². The fraction of sp³-hybridized carbons (Fsp3) is 0.167. The number of halogens is 1. The van der Waals surface area contributed by atoms with Gasteiger partial charge in [0.1, 0.15) is 5.82 Å². The van der Waals surface area contributed by atoms with Crippen LogP contribution in [0.4, 0.5) is 5.95 Å².